The van der Waals surface area contributed by atoms with E-state index in [0.29, 0.717) is 23.1 Å². The Labute approximate surface area is 168 Å². The molecular formula is C22H23N5O2. The molecule has 4 rings (SSSR count). The minimum absolute atomic E-state index is 0.297. The van der Waals surface area contributed by atoms with Crippen molar-refractivity contribution in [3.8, 4) is 5.69 Å². The molecule has 0 N–H and O–H groups in total. The quantitative estimate of drug-likeness (QED) is 0.508. The lowest BCUT2D eigenvalue weighted by atomic mass is 10.2. The van der Waals surface area contributed by atoms with Gasteiger partial charge in [-0.15, -0.1) is 0 Å². The number of aromatic nitrogens is 4. The van der Waals surface area contributed by atoms with Crippen LogP contribution in [0.1, 0.15) is 6.42 Å². The van der Waals surface area contributed by atoms with E-state index >= 15 is 0 Å². The fraction of sp³-hybridized carbons (Fsp3) is 0.227. The van der Waals surface area contributed by atoms with Crippen molar-refractivity contribution < 1.29 is 0 Å². The summed E-state index contributed by atoms with van der Waals surface area (Å²) in [5.41, 5.74) is 1.61. The highest BCUT2D eigenvalue weighted by Gasteiger charge is 2.14. The van der Waals surface area contributed by atoms with Gasteiger partial charge in [0.25, 0.3) is 5.56 Å². The predicted molar refractivity (Wildman–Crippen MR) is 115 cm³/mol. The standard InChI is InChI=1S/C22H23N5O2/c1-24(2)17-8-10-18(11-9-17)27-21(28)19-6-3-4-7-20(19)26(22(27)29)14-5-13-25-15-12-23-16-25/h3-4,6-12,15-16H,5,13-14H2,1-2H3. The molecule has 148 valence electrons. The van der Waals surface area contributed by atoms with E-state index in [1.165, 1.54) is 4.57 Å². The van der Waals surface area contributed by atoms with Gasteiger partial charge in [-0.1, -0.05) is 12.1 Å². The van der Waals surface area contributed by atoms with Gasteiger partial charge in [-0.3, -0.25) is 9.36 Å². The van der Waals surface area contributed by atoms with Crippen molar-refractivity contribution in [3.05, 3.63) is 88.1 Å². The molecule has 4 aromatic rings. The maximum Gasteiger partial charge on any atom is 0.336 e. The van der Waals surface area contributed by atoms with Gasteiger partial charge in [-0.05, 0) is 42.8 Å². The Kier molecular flexibility index (Phi) is 5.03. The summed E-state index contributed by atoms with van der Waals surface area (Å²) in [6, 6.07) is 14.7. The third-order valence-corrected chi connectivity index (χ3v) is 5.03. The van der Waals surface area contributed by atoms with Crippen LogP contribution in [-0.4, -0.2) is 32.8 Å². The average molecular weight is 389 g/mol. The molecule has 0 saturated carbocycles. The molecule has 7 nitrogen and oxygen atoms in total. The zero-order chi connectivity index (χ0) is 20.4. The van der Waals surface area contributed by atoms with E-state index in [1.54, 1.807) is 23.2 Å². The molecular weight excluding hydrogens is 366 g/mol. The molecule has 0 fully saturated rings. The third-order valence-electron chi connectivity index (χ3n) is 5.03. The molecule has 0 unspecified atom stereocenters. The van der Waals surface area contributed by atoms with Crippen LogP contribution in [0.15, 0.2) is 76.8 Å². The van der Waals surface area contributed by atoms with Crippen molar-refractivity contribution in [3.63, 3.8) is 0 Å². The SMILES string of the molecule is CN(C)c1ccc(-n2c(=O)c3ccccc3n(CCCn3ccnc3)c2=O)cc1. The third kappa shape index (κ3) is 3.59. The van der Waals surface area contributed by atoms with Gasteiger partial charge < -0.3 is 9.47 Å². The monoisotopic (exact) mass is 389 g/mol. The van der Waals surface area contributed by atoms with Crippen molar-refractivity contribution in [2.24, 2.45) is 0 Å². The van der Waals surface area contributed by atoms with E-state index in [9.17, 15) is 9.59 Å². The molecule has 0 aliphatic heterocycles. The number of fused-ring (bicyclic) bond motifs is 1. The van der Waals surface area contributed by atoms with E-state index < -0.39 is 0 Å². The van der Waals surface area contributed by atoms with Crippen molar-refractivity contribution >= 4 is 16.6 Å². The number of benzene rings is 2. The average Bonchev–Trinajstić information content (AvgIpc) is 3.24. The summed E-state index contributed by atoms with van der Waals surface area (Å²) in [6.45, 7) is 1.25. The summed E-state index contributed by atoms with van der Waals surface area (Å²) >= 11 is 0. The van der Waals surface area contributed by atoms with E-state index in [1.807, 2.05) is 72.2 Å². The first kappa shape index (κ1) is 18.7. The van der Waals surface area contributed by atoms with Crippen LogP contribution >= 0.6 is 0 Å². The molecule has 0 atom stereocenters. The summed E-state index contributed by atoms with van der Waals surface area (Å²) in [5.74, 6) is 0. The molecule has 0 saturated heterocycles. The Balaban J connectivity index is 1.80. The molecule has 0 aliphatic carbocycles. The molecule has 2 aromatic heterocycles. The summed E-state index contributed by atoms with van der Waals surface area (Å²) in [7, 11) is 3.90. The first-order valence-corrected chi connectivity index (χ1v) is 9.54. The molecule has 0 bridgehead atoms. The minimum Gasteiger partial charge on any atom is -0.378 e. The predicted octanol–water partition coefficient (Wildman–Crippen LogP) is 2.51. The van der Waals surface area contributed by atoms with Crippen LogP contribution in [0, 0.1) is 0 Å². The molecule has 2 heterocycles. The first-order valence-electron chi connectivity index (χ1n) is 9.54. The van der Waals surface area contributed by atoms with Crippen molar-refractivity contribution in [1.29, 1.82) is 0 Å². The Bertz CT molecular complexity index is 1240. The number of hydrogen-bond acceptors (Lipinski definition) is 4. The number of nitrogens with zero attached hydrogens (tertiary/aromatic N) is 5. The van der Waals surface area contributed by atoms with E-state index in [-0.39, 0.29) is 11.2 Å². The summed E-state index contributed by atoms with van der Waals surface area (Å²) in [6.07, 6.45) is 6.14. The van der Waals surface area contributed by atoms with E-state index in [0.717, 1.165) is 18.7 Å². The van der Waals surface area contributed by atoms with Crippen LogP contribution in [0.2, 0.25) is 0 Å². The number of aryl methyl sites for hydroxylation is 2. The van der Waals surface area contributed by atoms with Crippen molar-refractivity contribution in [2.75, 3.05) is 19.0 Å². The second-order valence-electron chi connectivity index (χ2n) is 7.16. The zero-order valence-corrected chi connectivity index (χ0v) is 16.5. The highest BCUT2D eigenvalue weighted by molar-refractivity contribution is 5.78. The second kappa shape index (κ2) is 7.79. The van der Waals surface area contributed by atoms with Gasteiger partial charge in [0, 0.05) is 45.3 Å². The number of anilines is 1. The molecule has 2 aromatic carbocycles. The molecule has 29 heavy (non-hydrogen) atoms. The number of hydrogen-bond donors (Lipinski definition) is 0. The van der Waals surface area contributed by atoms with Crippen molar-refractivity contribution in [2.45, 2.75) is 19.5 Å². The van der Waals surface area contributed by atoms with Crippen LogP contribution in [0.4, 0.5) is 5.69 Å². The zero-order valence-electron chi connectivity index (χ0n) is 16.5. The van der Waals surface area contributed by atoms with Crippen LogP contribution in [0.5, 0.6) is 0 Å². The molecule has 0 aliphatic rings. The van der Waals surface area contributed by atoms with Crippen molar-refractivity contribution in [1.82, 2.24) is 18.7 Å². The van der Waals surface area contributed by atoms with Gasteiger partial charge in [0.15, 0.2) is 0 Å². The Hall–Kier alpha value is -3.61. The lowest BCUT2D eigenvalue weighted by Gasteiger charge is -2.16. The molecule has 7 heteroatoms. The summed E-state index contributed by atoms with van der Waals surface area (Å²) in [4.78, 5) is 32.4. The lowest BCUT2D eigenvalue weighted by Crippen LogP contribution is -2.39. The highest BCUT2D eigenvalue weighted by atomic mass is 16.2. The first-order chi connectivity index (χ1) is 14.1. The normalized spacial score (nSPS) is 11.1. The summed E-state index contributed by atoms with van der Waals surface area (Å²) in [5, 5.41) is 0.534. The lowest BCUT2D eigenvalue weighted by molar-refractivity contribution is 0.549. The maximum atomic E-state index is 13.3. The Morgan fingerprint density at radius 3 is 2.41 bits per heavy atom. The number of para-hydroxylation sites is 1. The topological polar surface area (TPSA) is 65.1 Å². The smallest absolute Gasteiger partial charge is 0.336 e. The van der Waals surface area contributed by atoms with E-state index in [2.05, 4.69) is 4.98 Å². The molecule has 0 amide bonds. The fourth-order valence-corrected chi connectivity index (χ4v) is 3.49. The van der Waals surface area contributed by atoms with Crippen LogP contribution in [0.3, 0.4) is 0 Å². The second-order valence-corrected chi connectivity index (χ2v) is 7.16. The fourth-order valence-electron chi connectivity index (χ4n) is 3.49. The van der Waals surface area contributed by atoms with E-state index in [4.69, 9.17) is 0 Å². The molecule has 0 spiro atoms. The van der Waals surface area contributed by atoms with Gasteiger partial charge >= 0.3 is 5.69 Å². The number of rotatable bonds is 6. The van der Waals surface area contributed by atoms with Gasteiger partial charge in [-0.25, -0.2) is 14.3 Å². The van der Waals surface area contributed by atoms with Gasteiger partial charge in [0.1, 0.15) is 0 Å². The van der Waals surface area contributed by atoms with Crippen LogP contribution in [-0.2, 0) is 13.1 Å². The highest BCUT2D eigenvalue weighted by Crippen LogP contribution is 2.15. The van der Waals surface area contributed by atoms with Gasteiger partial charge in [0.2, 0.25) is 0 Å². The Morgan fingerprint density at radius 1 is 0.966 bits per heavy atom. The largest absolute Gasteiger partial charge is 0.378 e. The van der Waals surface area contributed by atoms with Gasteiger partial charge in [-0.2, -0.15) is 0 Å². The Morgan fingerprint density at radius 2 is 1.72 bits per heavy atom. The maximum absolute atomic E-state index is 13.3. The van der Waals surface area contributed by atoms with Gasteiger partial charge in [0.05, 0.1) is 22.9 Å². The van der Waals surface area contributed by atoms with Crippen LogP contribution < -0.4 is 16.1 Å². The number of imidazole rings is 1. The molecule has 0 radical (unpaired) electrons. The summed E-state index contributed by atoms with van der Waals surface area (Å²) < 4.78 is 4.93. The minimum atomic E-state index is -0.322. The van der Waals surface area contributed by atoms with Crippen LogP contribution in [0.25, 0.3) is 16.6 Å².